The van der Waals surface area contributed by atoms with Crippen molar-refractivity contribution in [2.24, 2.45) is 5.73 Å². The van der Waals surface area contributed by atoms with E-state index in [0.29, 0.717) is 0 Å². The van der Waals surface area contributed by atoms with Crippen LogP contribution >= 0.6 is 0 Å². The van der Waals surface area contributed by atoms with E-state index in [2.05, 4.69) is 0 Å². The third kappa shape index (κ3) is 3.29. The van der Waals surface area contributed by atoms with Crippen LogP contribution in [0.15, 0.2) is 24.3 Å². The van der Waals surface area contributed by atoms with Crippen molar-refractivity contribution in [1.29, 1.82) is 0 Å². The zero-order valence-electron chi connectivity index (χ0n) is 9.77. The summed E-state index contributed by atoms with van der Waals surface area (Å²) in [6.45, 7) is 3.48. The molecule has 0 unspecified atom stereocenters. The van der Waals surface area contributed by atoms with Crippen LogP contribution in [0.25, 0.3) is 0 Å². The molecule has 0 saturated heterocycles. The minimum Gasteiger partial charge on any atom is -0.478 e. The second-order valence-electron chi connectivity index (χ2n) is 4.20. The Morgan fingerprint density at radius 1 is 1.29 bits per heavy atom. The van der Waals surface area contributed by atoms with Gasteiger partial charge in [-0.3, -0.25) is 0 Å². The molecule has 92 valence electrons. The zero-order chi connectivity index (χ0) is 13.1. The van der Waals surface area contributed by atoms with Gasteiger partial charge in [0.1, 0.15) is 5.60 Å². The van der Waals surface area contributed by atoms with Crippen molar-refractivity contribution in [3.05, 3.63) is 35.4 Å². The maximum Gasteiger partial charge on any atom is 0.339 e. The summed E-state index contributed by atoms with van der Waals surface area (Å²) in [5.41, 5.74) is 4.57. The van der Waals surface area contributed by atoms with E-state index in [1.807, 2.05) is 0 Å². The standard InChI is InChI=1S/C12H15NO4/c1-12(2,7-13)17-11(16)9-6-4-3-5-8(9)10(14)15/h3-6H,7,13H2,1-2H3,(H,14,15). The Labute approximate surface area is 99.2 Å². The zero-order valence-corrected chi connectivity index (χ0v) is 9.77. The molecule has 0 radical (unpaired) electrons. The summed E-state index contributed by atoms with van der Waals surface area (Å²) in [4.78, 5) is 22.7. The average Bonchev–Trinajstić information content (AvgIpc) is 2.28. The number of carboxylic acid groups (broad SMARTS) is 1. The van der Waals surface area contributed by atoms with Crippen LogP contribution in [0.4, 0.5) is 0 Å². The molecule has 0 aliphatic rings. The van der Waals surface area contributed by atoms with Crippen molar-refractivity contribution in [3.63, 3.8) is 0 Å². The van der Waals surface area contributed by atoms with Crippen molar-refractivity contribution in [2.45, 2.75) is 19.4 Å². The highest BCUT2D eigenvalue weighted by Gasteiger charge is 2.24. The molecule has 0 fully saturated rings. The minimum absolute atomic E-state index is 0.0292. The third-order valence-electron chi connectivity index (χ3n) is 2.24. The lowest BCUT2D eigenvalue weighted by Crippen LogP contribution is -2.36. The number of carboxylic acids is 1. The fraction of sp³-hybridized carbons (Fsp3) is 0.333. The average molecular weight is 237 g/mol. The lowest BCUT2D eigenvalue weighted by Gasteiger charge is -2.23. The Morgan fingerprint density at radius 3 is 2.29 bits per heavy atom. The van der Waals surface area contributed by atoms with Gasteiger partial charge in [0.05, 0.1) is 11.1 Å². The van der Waals surface area contributed by atoms with Crippen molar-refractivity contribution in [1.82, 2.24) is 0 Å². The van der Waals surface area contributed by atoms with E-state index < -0.39 is 17.5 Å². The molecule has 0 aliphatic carbocycles. The first-order valence-corrected chi connectivity index (χ1v) is 5.13. The highest BCUT2D eigenvalue weighted by molar-refractivity contribution is 6.02. The molecular formula is C12H15NO4. The summed E-state index contributed by atoms with van der Waals surface area (Å²) in [6, 6.07) is 5.90. The Bertz CT molecular complexity index is 440. The topological polar surface area (TPSA) is 89.6 Å². The van der Waals surface area contributed by atoms with Gasteiger partial charge in [0.2, 0.25) is 0 Å². The van der Waals surface area contributed by atoms with Crippen LogP contribution in [0.3, 0.4) is 0 Å². The number of esters is 1. The van der Waals surface area contributed by atoms with Crippen LogP contribution in [0, 0.1) is 0 Å². The number of ether oxygens (including phenoxy) is 1. The van der Waals surface area contributed by atoms with Gasteiger partial charge < -0.3 is 15.6 Å². The summed E-state index contributed by atoms with van der Waals surface area (Å²) in [5.74, 6) is -1.85. The van der Waals surface area contributed by atoms with E-state index in [9.17, 15) is 9.59 Å². The summed E-state index contributed by atoms with van der Waals surface area (Å²) in [5, 5.41) is 8.94. The number of rotatable bonds is 4. The van der Waals surface area contributed by atoms with Crippen LogP contribution in [0.2, 0.25) is 0 Å². The number of carbonyl (C=O) groups excluding carboxylic acids is 1. The lowest BCUT2D eigenvalue weighted by molar-refractivity contribution is 0.00259. The molecule has 1 aromatic rings. The number of nitrogens with two attached hydrogens (primary N) is 1. The normalized spacial score (nSPS) is 11.0. The first kappa shape index (κ1) is 13.2. The van der Waals surface area contributed by atoms with E-state index in [1.165, 1.54) is 12.1 Å². The predicted octanol–water partition coefficient (Wildman–Crippen LogP) is 1.28. The second-order valence-corrected chi connectivity index (χ2v) is 4.20. The summed E-state index contributed by atoms with van der Waals surface area (Å²) in [7, 11) is 0. The van der Waals surface area contributed by atoms with Crippen LogP contribution in [-0.2, 0) is 4.74 Å². The molecule has 3 N–H and O–H groups in total. The molecule has 0 spiro atoms. The number of carbonyl (C=O) groups is 2. The maximum absolute atomic E-state index is 11.8. The highest BCUT2D eigenvalue weighted by Crippen LogP contribution is 2.15. The van der Waals surface area contributed by atoms with Gasteiger partial charge in [0.25, 0.3) is 0 Å². The number of hydrogen-bond donors (Lipinski definition) is 2. The number of benzene rings is 1. The monoisotopic (exact) mass is 237 g/mol. The van der Waals surface area contributed by atoms with Crippen LogP contribution in [0.5, 0.6) is 0 Å². The SMILES string of the molecule is CC(C)(CN)OC(=O)c1ccccc1C(=O)O. The molecule has 0 saturated carbocycles. The molecule has 0 aromatic heterocycles. The maximum atomic E-state index is 11.8. The van der Waals surface area contributed by atoms with Gasteiger partial charge >= 0.3 is 11.9 Å². The first-order chi connectivity index (χ1) is 7.87. The van der Waals surface area contributed by atoms with E-state index >= 15 is 0 Å². The Morgan fingerprint density at radius 2 is 1.82 bits per heavy atom. The third-order valence-corrected chi connectivity index (χ3v) is 2.24. The van der Waals surface area contributed by atoms with E-state index in [-0.39, 0.29) is 17.7 Å². The van der Waals surface area contributed by atoms with Gasteiger partial charge in [0.15, 0.2) is 0 Å². The molecule has 0 heterocycles. The molecule has 0 amide bonds. The highest BCUT2D eigenvalue weighted by atomic mass is 16.6. The van der Waals surface area contributed by atoms with Gasteiger partial charge in [-0.25, -0.2) is 9.59 Å². The van der Waals surface area contributed by atoms with E-state index in [1.54, 1.807) is 26.0 Å². The summed E-state index contributed by atoms with van der Waals surface area (Å²) >= 11 is 0. The molecule has 17 heavy (non-hydrogen) atoms. The molecule has 0 aliphatic heterocycles. The fourth-order valence-corrected chi connectivity index (χ4v) is 1.20. The van der Waals surface area contributed by atoms with Crippen LogP contribution < -0.4 is 5.73 Å². The Hall–Kier alpha value is -1.88. The van der Waals surface area contributed by atoms with Crippen molar-refractivity contribution in [2.75, 3.05) is 6.54 Å². The van der Waals surface area contributed by atoms with Crippen LogP contribution in [-0.4, -0.2) is 29.2 Å². The first-order valence-electron chi connectivity index (χ1n) is 5.13. The molecule has 0 atom stereocenters. The molecule has 1 aromatic carbocycles. The smallest absolute Gasteiger partial charge is 0.339 e. The number of hydrogen-bond acceptors (Lipinski definition) is 4. The van der Waals surface area contributed by atoms with Crippen LogP contribution in [0.1, 0.15) is 34.6 Å². The lowest BCUT2D eigenvalue weighted by atomic mass is 10.1. The van der Waals surface area contributed by atoms with Gasteiger partial charge in [-0.1, -0.05) is 12.1 Å². The Balaban J connectivity index is 3.01. The fourth-order valence-electron chi connectivity index (χ4n) is 1.20. The summed E-state index contributed by atoms with van der Waals surface area (Å²) < 4.78 is 5.14. The molecule has 1 rings (SSSR count). The van der Waals surface area contributed by atoms with Gasteiger partial charge in [-0.2, -0.15) is 0 Å². The van der Waals surface area contributed by atoms with Gasteiger partial charge in [-0.05, 0) is 26.0 Å². The largest absolute Gasteiger partial charge is 0.478 e. The van der Waals surface area contributed by atoms with Gasteiger partial charge in [0, 0.05) is 6.54 Å². The molecule has 5 heteroatoms. The number of aromatic carboxylic acids is 1. The summed E-state index contributed by atoms with van der Waals surface area (Å²) in [6.07, 6.45) is 0. The van der Waals surface area contributed by atoms with E-state index in [4.69, 9.17) is 15.6 Å². The second kappa shape index (κ2) is 4.97. The molecule has 5 nitrogen and oxygen atoms in total. The van der Waals surface area contributed by atoms with Crippen molar-refractivity contribution >= 4 is 11.9 Å². The minimum atomic E-state index is -1.16. The molecular weight excluding hydrogens is 222 g/mol. The van der Waals surface area contributed by atoms with Crippen molar-refractivity contribution in [3.8, 4) is 0 Å². The predicted molar refractivity (Wildman–Crippen MR) is 62.0 cm³/mol. The van der Waals surface area contributed by atoms with Crippen molar-refractivity contribution < 1.29 is 19.4 Å². The molecule has 0 bridgehead atoms. The Kier molecular flexibility index (Phi) is 3.85. The van der Waals surface area contributed by atoms with Gasteiger partial charge in [-0.15, -0.1) is 0 Å². The van der Waals surface area contributed by atoms with E-state index in [0.717, 1.165) is 0 Å². The quantitative estimate of drug-likeness (QED) is 0.770.